The second-order valence-corrected chi connectivity index (χ2v) is 5.70. The van der Waals surface area contributed by atoms with Crippen LogP contribution in [-0.4, -0.2) is 35.1 Å². The zero-order valence-corrected chi connectivity index (χ0v) is 12.8. The molecule has 0 saturated carbocycles. The number of anilines is 1. The van der Waals surface area contributed by atoms with Gasteiger partial charge in [-0.2, -0.15) is 0 Å². The molecule has 23 heavy (non-hydrogen) atoms. The van der Waals surface area contributed by atoms with Crippen LogP contribution >= 0.6 is 0 Å². The number of ether oxygens (including phenoxy) is 1. The summed E-state index contributed by atoms with van der Waals surface area (Å²) in [5, 5.41) is 9.89. The Kier molecular flexibility index (Phi) is 4.37. The van der Waals surface area contributed by atoms with Gasteiger partial charge in [-0.3, -0.25) is 4.79 Å². The number of nitrogens with zero attached hydrogens (tertiary/aromatic N) is 1. The summed E-state index contributed by atoms with van der Waals surface area (Å²) in [7, 11) is 0. The number of piperidine rings is 1. The number of nitrogens with two attached hydrogens (primary N) is 1. The first-order valence-corrected chi connectivity index (χ1v) is 7.73. The summed E-state index contributed by atoms with van der Waals surface area (Å²) in [6, 6.07) is 14.3. The first-order valence-electron chi connectivity index (χ1n) is 7.73. The largest absolute Gasteiger partial charge is 0.507 e. The Morgan fingerprint density at radius 3 is 2.48 bits per heavy atom. The molecule has 1 amide bonds. The monoisotopic (exact) mass is 312 g/mol. The number of rotatable bonds is 3. The Morgan fingerprint density at radius 2 is 1.83 bits per heavy atom. The van der Waals surface area contributed by atoms with E-state index in [4.69, 9.17) is 10.5 Å². The number of para-hydroxylation sites is 1. The highest BCUT2D eigenvalue weighted by atomic mass is 16.5. The van der Waals surface area contributed by atoms with Crippen LogP contribution in [0.25, 0.3) is 0 Å². The summed E-state index contributed by atoms with van der Waals surface area (Å²) in [6.45, 7) is 1.22. The van der Waals surface area contributed by atoms with E-state index in [2.05, 4.69) is 0 Å². The van der Waals surface area contributed by atoms with E-state index in [-0.39, 0.29) is 17.8 Å². The third-order valence-electron chi connectivity index (χ3n) is 4.03. The average molecular weight is 312 g/mol. The second kappa shape index (κ2) is 6.60. The fourth-order valence-corrected chi connectivity index (χ4v) is 2.77. The number of carbonyl (C=O) groups is 1. The molecule has 3 N–H and O–H groups in total. The Labute approximate surface area is 135 Å². The van der Waals surface area contributed by atoms with Crippen molar-refractivity contribution in [1.82, 2.24) is 4.90 Å². The van der Waals surface area contributed by atoms with Crippen LogP contribution in [0.1, 0.15) is 23.2 Å². The maximum absolute atomic E-state index is 12.5. The van der Waals surface area contributed by atoms with Crippen molar-refractivity contribution in [1.29, 1.82) is 0 Å². The zero-order valence-electron chi connectivity index (χ0n) is 12.8. The Hall–Kier alpha value is -2.69. The van der Waals surface area contributed by atoms with Gasteiger partial charge < -0.3 is 20.5 Å². The molecule has 5 nitrogen and oxygen atoms in total. The van der Waals surface area contributed by atoms with Gasteiger partial charge in [0.1, 0.15) is 17.6 Å². The molecule has 0 radical (unpaired) electrons. The van der Waals surface area contributed by atoms with Crippen LogP contribution in [0.2, 0.25) is 0 Å². The molecule has 5 heteroatoms. The lowest BCUT2D eigenvalue weighted by molar-refractivity contribution is 0.0593. The molecule has 0 atom stereocenters. The quantitative estimate of drug-likeness (QED) is 0.854. The number of phenols is 1. The van der Waals surface area contributed by atoms with Crippen LogP contribution in [-0.2, 0) is 0 Å². The van der Waals surface area contributed by atoms with Crippen LogP contribution in [0.3, 0.4) is 0 Å². The number of phenolic OH excluding ortho intramolecular Hbond substituents is 1. The molecule has 1 aliphatic rings. The zero-order chi connectivity index (χ0) is 16.2. The minimum absolute atomic E-state index is 0.0716. The van der Waals surface area contributed by atoms with Crippen molar-refractivity contribution in [3.05, 3.63) is 54.1 Å². The topological polar surface area (TPSA) is 75.8 Å². The van der Waals surface area contributed by atoms with Gasteiger partial charge >= 0.3 is 0 Å². The van der Waals surface area contributed by atoms with E-state index in [1.165, 1.54) is 6.07 Å². The summed E-state index contributed by atoms with van der Waals surface area (Å²) >= 11 is 0. The van der Waals surface area contributed by atoms with Crippen molar-refractivity contribution in [3.8, 4) is 11.5 Å². The summed E-state index contributed by atoms with van der Waals surface area (Å²) in [4.78, 5) is 14.2. The van der Waals surface area contributed by atoms with Gasteiger partial charge in [0.15, 0.2) is 0 Å². The summed E-state index contributed by atoms with van der Waals surface area (Å²) in [5.41, 5.74) is 6.33. The molecule has 0 aliphatic carbocycles. The van der Waals surface area contributed by atoms with Crippen LogP contribution in [0, 0.1) is 0 Å². The van der Waals surface area contributed by atoms with Crippen LogP contribution < -0.4 is 10.5 Å². The minimum atomic E-state index is -0.166. The number of hydrogen-bond donors (Lipinski definition) is 2. The van der Waals surface area contributed by atoms with Gasteiger partial charge in [-0.1, -0.05) is 18.2 Å². The van der Waals surface area contributed by atoms with E-state index in [1.54, 1.807) is 17.0 Å². The van der Waals surface area contributed by atoms with E-state index < -0.39 is 0 Å². The van der Waals surface area contributed by atoms with E-state index in [0.717, 1.165) is 18.6 Å². The Balaban J connectivity index is 1.59. The highest BCUT2D eigenvalue weighted by Gasteiger charge is 2.26. The van der Waals surface area contributed by atoms with E-state index >= 15 is 0 Å². The first kappa shape index (κ1) is 15.2. The maximum atomic E-state index is 12.5. The molecule has 0 spiro atoms. The molecule has 120 valence electrons. The van der Waals surface area contributed by atoms with Crippen molar-refractivity contribution < 1.29 is 14.6 Å². The number of nitrogen functional groups attached to an aromatic ring is 1. The molecular weight excluding hydrogens is 292 g/mol. The standard InChI is InChI=1S/C18H20N2O3/c19-13-6-7-16(17(21)12-13)18(22)20-10-8-15(9-11-20)23-14-4-2-1-3-5-14/h1-7,12,15,21H,8-11,19H2. The SMILES string of the molecule is Nc1ccc(C(=O)N2CCC(Oc3ccccc3)CC2)c(O)c1. The average Bonchev–Trinajstić information content (AvgIpc) is 2.56. The van der Waals surface area contributed by atoms with Gasteiger partial charge in [-0.25, -0.2) is 0 Å². The molecule has 1 aliphatic heterocycles. The summed E-state index contributed by atoms with van der Waals surface area (Å²) in [5.74, 6) is 0.617. The number of likely N-dealkylation sites (tertiary alicyclic amines) is 1. The number of carbonyl (C=O) groups excluding carboxylic acids is 1. The van der Waals surface area contributed by atoms with Gasteiger partial charge in [0, 0.05) is 37.7 Å². The predicted molar refractivity (Wildman–Crippen MR) is 88.5 cm³/mol. The van der Waals surface area contributed by atoms with Crippen molar-refractivity contribution in [2.45, 2.75) is 18.9 Å². The third kappa shape index (κ3) is 3.56. The Bertz CT molecular complexity index is 680. The van der Waals surface area contributed by atoms with Gasteiger partial charge in [0.05, 0.1) is 5.56 Å². The maximum Gasteiger partial charge on any atom is 0.257 e. The molecule has 0 unspecified atom stereocenters. The van der Waals surface area contributed by atoms with Crippen LogP contribution in [0.4, 0.5) is 5.69 Å². The normalized spacial score (nSPS) is 15.4. The number of aromatic hydroxyl groups is 1. The molecule has 0 bridgehead atoms. The lowest BCUT2D eigenvalue weighted by atomic mass is 10.1. The Morgan fingerprint density at radius 1 is 1.13 bits per heavy atom. The number of hydrogen-bond acceptors (Lipinski definition) is 4. The van der Waals surface area contributed by atoms with Gasteiger partial charge in [-0.05, 0) is 24.3 Å². The first-order chi connectivity index (χ1) is 11.1. The summed E-state index contributed by atoms with van der Waals surface area (Å²) in [6.07, 6.45) is 1.66. The molecule has 1 heterocycles. The smallest absolute Gasteiger partial charge is 0.257 e. The second-order valence-electron chi connectivity index (χ2n) is 5.70. The number of benzene rings is 2. The molecule has 0 aromatic heterocycles. The highest BCUT2D eigenvalue weighted by molar-refractivity contribution is 5.97. The molecular formula is C18H20N2O3. The van der Waals surface area contributed by atoms with Crippen LogP contribution in [0.15, 0.2) is 48.5 Å². The molecule has 1 fully saturated rings. The van der Waals surface area contributed by atoms with Crippen molar-refractivity contribution >= 4 is 11.6 Å². The molecule has 2 aromatic rings. The lowest BCUT2D eigenvalue weighted by Crippen LogP contribution is -2.41. The van der Waals surface area contributed by atoms with Crippen LogP contribution in [0.5, 0.6) is 11.5 Å². The minimum Gasteiger partial charge on any atom is -0.507 e. The van der Waals surface area contributed by atoms with E-state index in [1.807, 2.05) is 30.3 Å². The molecule has 2 aromatic carbocycles. The van der Waals surface area contributed by atoms with Gasteiger partial charge in [-0.15, -0.1) is 0 Å². The fraction of sp³-hybridized carbons (Fsp3) is 0.278. The van der Waals surface area contributed by atoms with Crippen molar-refractivity contribution in [2.75, 3.05) is 18.8 Å². The lowest BCUT2D eigenvalue weighted by Gasteiger charge is -2.32. The highest BCUT2D eigenvalue weighted by Crippen LogP contribution is 2.24. The predicted octanol–water partition coefficient (Wildman–Crippen LogP) is 2.66. The summed E-state index contributed by atoms with van der Waals surface area (Å²) < 4.78 is 5.92. The van der Waals surface area contributed by atoms with E-state index in [9.17, 15) is 9.90 Å². The molecule has 3 rings (SSSR count). The fourth-order valence-electron chi connectivity index (χ4n) is 2.77. The van der Waals surface area contributed by atoms with Crippen molar-refractivity contribution in [3.63, 3.8) is 0 Å². The van der Waals surface area contributed by atoms with Gasteiger partial charge in [0.25, 0.3) is 5.91 Å². The molecule has 1 saturated heterocycles. The third-order valence-corrected chi connectivity index (χ3v) is 4.03. The van der Waals surface area contributed by atoms with Gasteiger partial charge in [0.2, 0.25) is 0 Å². The van der Waals surface area contributed by atoms with E-state index in [0.29, 0.717) is 24.3 Å². The van der Waals surface area contributed by atoms with Crippen molar-refractivity contribution in [2.24, 2.45) is 0 Å². The number of amides is 1.